The number of carbonyl (C=O) groups excluding carboxylic acids is 2. The topological polar surface area (TPSA) is 59.1 Å². The lowest BCUT2D eigenvalue weighted by Gasteiger charge is -2.32. The maximum Gasteiger partial charge on any atom is 0.410 e. The van der Waals surface area contributed by atoms with E-state index < -0.39 is 0 Å². The van der Waals surface area contributed by atoms with E-state index >= 15 is 0 Å². The molecule has 1 aromatic rings. The van der Waals surface area contributed by atoms with Crippen molar-refractivity contribution in [3.63, 3.8) is 0 Å². The van der Waals surface area contributed by atoms with Crippen molar-refractivity contribution in [2.75, 3.05) is 40.4 Å². The lowest BCUT2D eigenvalue weighted by molar-refractivity contribution is -0.135. The van der Waals surface area contributed by atoms with Crippen molar-refractivity contribution in [2.24, 2.45) is 5.92 Å². The van der Waals surface area contributed by atoms with Crippen molar-refractivity contribution in [3.8, 4) is 0 Å². The third-order valence-electron chi connectivity index (χ3n) is 4.53. The van der Waals surface area contributed by atoms with E-state index in [1.165, 1.54) is 0 Å². The van der Waals surface area contributed by atoms with Crippen LogP contribution in [-0.4, -0.2) is 62.2 Å². The van der Waals surface area contributed by atoms with Crippen LogP contribution in [0.15, 0.2) is 30.3 Å². The monoisotopic (exact) mass is 348 g/mol. The number of benzene rings is 1. The molecule has 1 saturated heterocycles. The van der Waals surface area contributed by atoms with Crippen LogP contribution in [0.3, 0.4) is 0 Å². The molecule has 0 radical (unpaired) electrons. The molecule has 0 saturated carbocycles. The van der Waals surface area contributed by atoms with E-state index in [4.69, 9.17) is 9.47 Å². The number of hydrogen-bond donors (Lipinski definition) is 0. The second kappa shape index (κ2) is 10.0. The molecule has 1 aromatic carbocycles. The van der Waals surface area contributed by atoms with Crippen molar-refractivity contribution >= 4 is 12.0 Å². The van der Waals surface area contributed by atoms with Crippen LogP contribution in [0.5, 0.6) is 0 Å². The lowest BCUT2D eigenvalue weighted by Crippen LogP contribution is -2.43. The largest absolute Gasteiger partial charge is 0.445 e. The summed E-state index contributed by atoms with van der Waals surface area (Å²) in [5.41, 5.74) is 0.971. The fraction of sp³-hybridized carbons (Fsp3) is 0.579. The first-order valence-electron chi connectivity index (χ1n) is 8.81. The molecule has 0 bridgehead atoms. The summed E-state index contributed by atoms with van der Waals surface area (Å²) in [7, 11) is 3.49. The first-order chi connectivity index (χ1) is 12.1. The van der Waals surface area contributed by atoms with Crippen LogP contribution >= 0.6 is 0 Å². The lowest BCUT2D eigenvalue weighted by atomic mass is 9.95. The second-order valence-electron chi connectivity index (χ2n) is 6.41. The minimum Gasteiger partial charge on any atom is -0.445 e. The van der Waals surface area contributed by atoms with E-state index in [2.05, 4.69) is 0 Å². The van der Waals surface area contributed by atoms with E-state index in [1.807, 2.05) is 37.4 Å². The molecule has 2 rings (SSSR count). The zero-order chi connectivity index (χ0) is 18.1. The molecule has 1 heterocycles. The Bertz CT molecular complexity index is 542. The molecule has 6 heteroatoms. The van der Waals surface area contributed by atoms with Crippen LogP contribution in [-0.2, 0) is 20.9 Å². The van der Waals surface area contributed by atoms with E-state index in [-0.39, 0.29) is 24.5 Å². The SMILES string of the molecule is COCCCN(C)C(=O)C1CCN(C(=O)OCc2ccccc2)CC1. The molecule has 0 atom stereocenters. The number of nitrogens with zero attached hydrogens (tertiary/aromatic N) is 2. The number of likely N-dealkylation sites (tertiary alicyclic amines) is 1. The molecule has 1 aliphatic rings. The van der Waals surface area contributed by atoms with Crippen LogP contribution < -0.4 is 0 Å². The molecule has 0 unspecified atom stereocenters. The normalized spacial score (nSPS) is 15.0. The number of amides is 2. The van der Waals surface area contributed by atoms with Crippen molar-refractivity contribution < 1.29 is 19.1 Å². The van der Waals surface area contributed by atoms with Gasteiger partial charge in [0.05, 0.1) is 0 Å². The van der Waals surface area contributed by atoms with Gasteiger partial charge in [0.2, 0.25) is 5.91 Å². The smallest absolute Gasteiger partial charge is 0.410 e. The van der Waals surface area contributed by atoms with Crippen LogP contribution in [0, 0.1) is 5.92 Å². The van der Waals surface area contributed by atoms with E-state index in [0.717, 1.165) is 12.0 Å². The highest BCUT2D eigenvalue weighted by Gasteiger charge is 2.29. The Morgan fingerprint density at radius 1 is 1.20 bits per heavy atom. The van der Waals surface area contributed by atoms with E-state index in [9.17, 15) is 9.59 Å². The minimum atomic E-state index is -0.303. The molecule has 2 amide bonds. The van der Waals surface area contributed by atoms with Gasteiger partial charge in [-0.05, 0) is 24.8 Å². The first-order valence-corrected chi connectivity index (χ1v) is 8.81. The average Bonchev–Trinajstić information content (AvgIpc) is 2.66. The molecular formula is C19H28N2O4. The van der Waals surface area contributed by atoms with Gasteiger partial charge in [0, 0.05) is 46.3 Å². The summed E-state index contributed by atoms with van der Waals surface area (Å²) in [5.74, 6) is 0.152. The average molecular weight is 348 g/mol. The molecular weight excluding hydrogens is 320 g/mol. The van der Waals surface area contributed by atoms with Crippen molar-refractivity contribution in [3.05, 3.63) is 35.9 Å². The Hall–Kier alpha value is -2.08. The molecule has 0 spiro atoms. The van der Waals surface area contributed by atoms with Crippen LogP contribution in [0.25, 0.3) is 0 Å². The Labute approximate surface area is 149 Å². The number of piperidine rings is 1. The maximum absolute atomic E-state index is 12.4. The van der Waals surface area contributed by atoms with Gasteiger partial charge in [-0.25, -0.2) is 4.79 Å². The van der Waals surface area contributed by atoms with Crippen molar-refractivity contribution in [1.29, 1.82) is 0 Å². The fourth-order valence-electron chi connectivity index (χ4n) is 2.99. The molecule has 1 fully saturated rings. The van der Waals surface area contributed by atoms with Crippen LogP contribution in [0.1, 0.15) is 24.8 Å². The van der Waals surface area contributed by atoms with Gasteiger partial charge in [-0.2, -0.15) is 0 Å². The third kappa shape index (κ3) is 6.05. The maximum atomic E-state index is 12.4. The van der Waals surface area contributed by atoms with Gasteiger partial charge >= 0.3 is 6.09 Å². The summed E-state index contributed by atoms with van der Waals surface area (Å²) in [6.07, 6.45) is 1.91. The molecule has 1 aliphatic heterocycles. The fourth-order valence-corrected chi connectivity index (χ4v) is 2.99. The van der Waals surface area contributed by atoms with Crippen molar-refractivity contribution in [1.82, 2.24) is 9.80 Å². The zero-order valence-corrected chi connectivity index (χ0v) is 15.1. The van der Waals surface area contributed by atoms with E-state index in [1.54, 1.807) is 16.9 Å². The Balaban J connectivity index is 1.71. The summed E-state index contributed by atoms with van der Waals surface area (Å²) < 4.78 is 10.4. The third-order valence-corrected chi connectivity index (χ3v) is 4.53. The quantitative estimate of drug-likeness (QED) is 0.711. The molecule has 0 aliphatic carbocycles. The Morgan fingerprint density at radius 2 is 1.88 bits per heavy atom. The number of rotatable bonds is 7. The summed E-state index contributed by atoms with van der Waals surface area (Å²) in [6, 6.07) is 9.63. The number of hydrogen-bond acceptors (Lipinski definition) is 4. The first kappa shape index (κ1) is 19.2. The van der Waals surface area contributed by atoms with Gasteiger partial charge in [0.1, 0.15) is 6.61 Å². The van der Waals surface area contributed by atoms with Gasteiger partial charge < -0.3 is 19.3 Å². The predicted molar refractivity (Wildman–Crippen MR) is 95.1 cm³/mol. The second-order valence-corrected chi connectivity index (χ2v) is 6.41. The number of ether oxygens (including phenoxy) is 2. The molecule has 0 N–H and O–H groups in total. The highest BCUT2D eigenvalue weighted by Crippen LogP contribution is 2.20. The summed E-state index contributed by atoms with van der Waals surface area (Å²) >= 11 is 0. The van der Waals surface area contributed by atoms with Crippen LogP contribution in [0.4, 0.5) is 4.79 Å². The van der Waals surface area contributed by atoms with Gasteiger partial charge in [-0.1, -0.05) is 30.3 Å². The van der Waals surface area contributed by atoms with Gasteiger partial charge in [0.15, 0.2) is 0 Å². The number of carbonyl (C=O) groups is 2. The molecule has 138 valence electrons. The molecule has 0 aromatic heterocycles. The summed E-state index contributed by atoms with van der Waals surface area (Å²) in [6.45, 7) is 2.77. The molecule has 6 nitrogen and oxygen atoms in total. The van der Waals surface area contributed by atoms with Gasteiger partial charge in [-0.3, -0.25) is 4.79 Å². The van der Waals surface area contributed by atoms with Gasteiger partial charge in [0.25, 0.3) is 0 Å². The van der Waals surface area contributed by atoms with Crippen molar-refractivity contribution in [2.45, 2.75) is 25.9 Å². The summed E-state index contributed by atoms with van der Waals surface area (Å²) in [4.78, 5) is 28.0. The number of methoxy groups -OCH3 is 1. The highest BCUT2D eigenvalue weighted by atomic mass is 16.6. The van der Waals surface area contributed by atoms with Crippen LogP contribution in [0.2, 0.25) is 0 Å². The Kier molecular flexibility index (Phi) is 7.73. The standard InChI is InChI=1S/C19H28N2O4/c1-20(11-6-14-24-2)18(22)17-9-12-21(13-10-17)19(23)25-15-16-7-4-3-5-8-16/h3-5,7-8,17H,6,9-15H2,1-2H3. The molecule has 25 heavy (non-hydrogen) atoms. The summed E-state index contributed by atoms with van der Waals surface area (Å²) in [5, 5.41) is 0. The predicted octanol–water partition coefficient (Wildman–Crippen LogP) is 2.53. The zero-order valence-electron chi connectivity index (χ0n) is 15.1. The highest BCUT2D eigenvalue weighted by molar-refractivity contribution is 5.79. The van der Waals surface area contributed by atoms with Gasteiger partial charge in [-0.15, -0.1) is 0 Å². The Morgan fingerprint density at radius 3 is 2.52 bits per heavy atom. The minimum absolute atomic E-state index is 0.00859. The van der Waals surface area contributed by atoms with E-state index in [0.29, 0.717) is 39.1 Å².